The molecule has 0 radical (unpaired) electrons. The number of rotatable bonds is 3. The predicted molar refractivity (Wildman–Crippen MR) is 86.9 cm³/mol. The molecule has 0 spiro atoms. The highest BCUT2D eigenvalue weighted by atomic mass is 35.5. The van der Waals surface area contributed by atoms with Gasteiger partial charge in [0.1, 0.15) is 0 Å². The molecule has 0 amide bonds. The van der Waals surface area contributed by atoms with E-state index in [-0.39, 0.29) is 6.04 Å². The second-order valence-electron chi connectivity index (χ2n) is 5.07. The van der Waals surface area contributed by atoms with Crippen molar-refractivity contribution < 1.29 is 0 Å². The minimum Gasteiger partial charge on any atom is -0.377 e. The Hall–Kier alpha value is -1.25. The van der Waals surface area contributed by atoms with Gasteiger partial charge < -0.3 is 5.32 Å². The van der Waals surface area contributed by atoms with Crippen molar-refractivity contribution in [2.45, 2.75) is 33.7 Å². The molecule has 0 saturated carbocycles. The van der Waals surface area contributed by atoms with Gasteiger partial charge in [0.2, 0.25) is 0 Å². The first kappa shape index (κ1) is 15.1. The first-order valence-corrected chi connectivity index (χ1v) is 7.30. The molecule has 2 aromatic rings. The fourth-order valence-electron chi connectivity index (χ4n) is 2.60. The number of hydrogen-bond donors (Lipinski definition) is 1. The molecule has 0 saturated heterocycles. The lowest BCUT2D eigenvalue weighted by atomic mass is 10.00. The van der Waals surface area contributed by atoms with Gasteiger partial charge in [-0.2, -0.15) is 0 Å². The minimum absolute atomic E-state index is 0.127. The van der Waals surface area contributed by atoms with Gasteiger partial charge in [-0.1, -0.05) is 23.2 Å². The molecule has 0 bridgehead atoms. The molecule has 1 heterocycles. The van der Waals surface area contributed by atoms with E-state index in [0.717, 1.165) is 17.1 Å². The molecule has 4 heteroatoms. The van der Waals surface area contributed by atoms with E-state index >= 15 is 0 Å². The summed E-state index contributed by atoms with van der Waals surface area (Å²) in [5.74, 6) is 0. The third kappa shape index (κ3) is 3.25. The Kier molecular flexibility index (Phi) is 4.56. The second kappa shape index (κ2) is 6.02. The number of aromatic nitrogens is 1. The van der Waals surface area contributed by atoms with Crippen LogP contribution in [0.25, 0.3) is 0 Å². The van der Waals surface area contributed by atoms with Crippen LogP contribution in [0.1, 0.15) is 35.5 Å². The first-order valence-electron chi connectivity index (χ1n) is 6.55. The van der Waals surface area contributed by atoms with Crippen molar-refractivity contribution in [3.05, 3.63) is 56.8 Å². The van der Waals surface area contributed by atoms with Crippen molar-refractivity contribution in [2.75, 3.05) is 5.32 Å². The van der Waals surface area contributed by atoms with E-state index in [0.29, 0.717) is 10.0 Å². The smallest absolute Gasteiger partial charge is 0.0652 e. The van der Waals surface area contributed by atoms with Gasteiger partial charge >= 0.3 is 0 Å². The summed E-state index contributed by atoms with van der Waals surface area (Å²) in [5, 5.41) is 4.69. The van der Waals surface area contributed by atoms with Crippen LogP contribution in [0.4, 0.5) is 5.69 Å². The molecule has 0 fully saturated rings. The summed E-state index contributed by atoms with van der Waals surface area (Å²) in [6.07, 6.45) is 0. The SMILES string of the molecule is Cc1cc(C)c(C(C)Nc2ccc(Cl)cc2Cl)c(C)n1. The van der Waals surface area contributed by atoms with Crippen molar-refractivity contribution in [1.82, 2.24) is 4.98 Å². The van der Waals surface area contributed by atoms with Gasteiger partial charge in [0, 0.05) is 16.4 Å². The molecule has 1 aromatic heterocycles. The zero-order chi connectivity index (χ0) is 14.9. The Morgan fingerprint density at radius 2 is 1.80 bits per heavy atom. The molecule has 2 nitrogen and oxygen atoms in total. The molecule has 0 aliphatic carbocycles. The summed E-state index contributed by atoms with van der Waals surface area (Å²) in [6, 6.07) is 7.69. The molecule has 106 valence electrons. The lowest BCUT2D eigenvalue weighted by Gasteiger charge is -2.21. The van der Waals surface area contributed by atoms with Crippen LogP contribution < -0.4 is 5.32 Å². The highest BCUT2D eigenvalue weighted by Crippen LogP contribution is 2.30. The molecule has 0 aliphatic heterocycles. The van der Waals surface area contributed by atoms with Gasteiger partial charge in [0.15, 0.2) is 0 Å². The Balaban J connectivity index is 2.31. The average molecular weight is 309 g/mol. The standard InChI is InChI=1S/C16H18Cl2N2/c1-9-7-10(2)19-11(3)16(9)12(4)20-15-6-5-13(17)8-14(15)18/h5-8,12,20H,1-4H3. The maximum atomic E-state index is 6.20. The molecule has 1 unspecified atom stereocenters. The molecular formula is C16H18Cl2N2. The van der Waals surface area contributed by atoms with E-state index in [9.17, 15) is 0 Å². The van der Waals surface area contributed by atoms with Crippen LogP contribution in [0.2, 0.25) is 10.0 Å². The number of aryl methyl sites for hydroxylation is 3. The Labute approximate surface area is 130 Å². The highest BCUT2D eigenvalue weighted by Gasteiger charge is 2.14. The van der Waals surface area contributed by atoms with Gasteiger partial charge in [-0.05, 0) is 63.1 Å². The maximum Gasteiger partial charge on any atom is 0.0652 e. The van der Waals surface area contributed by atoms with Crippen molar-refractivity contribution in [3.63, 3.8) is 0 Å². The fourth-order valence-corrected chi connectivity index (χ4v) is 3.06. The number of hydrogen-bond acceptors (Lipinski definition) is 2. The topological polar surface area (TPSA) is 24.9 Å². The molecule has 2 rings (SSSR count). The molecule has 20 heavy (non-hydrogen) atoms. The van der Waals surface area contributed by atoms with Crippen molar-refractivity contribution >= 4 is 28.9 Å². The quantitative estimate of drug-likeness (QED) is 0.811. The third-order valence-electron chi connectivity index (χ3n) is 3.32. The number of halogens is 2. The van der Waals surface area contributed by atoms with Crippen LogP contribution in [-0.2, 0) is 0 Å². The number of anilines is 1. The van der Waals surface area contributed by atoms with E-state index in [1.165, 1.54) is 11.1 Å². The van der Waals surface area contributed by atoms with Crippen LogP contribution in [0.15, 0.2) is 24.3 Å². The fraction of sp³-hybridized carbons (Fsp3) is 0.312. The van der Waals surface area contributed by atoms with Crippen LogP contribution >= 0.6 is 23.2 Å². The third-order valence-corrected chi connectivity index (χ3v) is 3.87. The Morgan fingerprint density at radius 3 is 2.40 bits per heavy atom. The summed E-state index contributed by atoms with van der Waals surface area (Å²) < 4.78 is 0. The summed E-state index contributed by atoms with van der Waals surface area (Å²) >= 11 is 12.1. The summed E-state index contributed by atoms with van der Waals surface area (Å²) in [6.45, 7) is 8.27. The van der Waals surface area contributed by atoms with Gasteiger partial charge in [-0.25, -0.2) is 0 Å². The van der Waals surface area contributed by atoms with Crippen LogP contribution in [-0.4, -0.2) is 4.98 Å². The molecular weight excluding hydrogens is 291 g/mol. The number of nitrogens with zero attached hydrogens (tertiary/aromatic N) is 1. The van der Waals surface area contributed by atoms with E-state index < -0.39 is 0 Å². The lowest BCUT2D eigenvalue weighted by molar-refractivity contribution is 0.843. The van der Waals surface area contributed by atoms with Crippen molar-refractivity contribution in [3.8, 4) is 0 Å². The summed E-state index contributed by atoms with van der Waals surface area (Å²) in [5.41, 5.74) is 5.41. The monoisotopic (exact) mass is 308 g/mol. The number of nitrogens with one attached hydrogen (secondary N) is 1. The van der Waals surface area contributed by atoms with Crippen LogP contribution in [0.3, 0.4) is 0 Å². The maximum absolute atomic E-state index is 6.20. The number of benzene rings is 1. The van der Waals surface area contributed by atoms with Gasteiger partial charge in [0.25, 0.3) is 0 Å². The van der Waals surface area contributed by atoms with Crippen molar-refractivity contribution in [2.24, 2.45) is 0 Å². The molecule has 1 aromatic carbocycles. The minimum atomic E-state index is 0.127. The Bertz CT molecular complexity index is 615. The Morgan fingerprint density at radius 1 is 1.10 bits per heavy atom. The van der Waals surface area contributed by atoms with E-state index in [1.54, 1.807) is 6.07 Å². The largest absolute Gasteiger partial charge is 0.377 e. The second-order valence-corrected chi connectivity index (χ2v) is 5.91. The predicted octanol–water partition coefficient (Wildman–Crippen LogP) is 5.49. The average Bonchev–Trinajstić information content (AvgIpc) is 2.31. The number of pyridine rings is 1. The first-order chi connectivity index (χ1) is 9.38. The zero-order valence-corrected chi connectivity index (χ0v) is 13.6. The molecule has 1 N–H and O–H groups in total. The van der Waals surface area contributed by atoms with E-state index in [4.69, 9.17) is 23.2 Å². The van der Waals surface area contributed by atoms with Crippen LogP contribution in [0, 0.1) is 20.8 Å². The van der Waals surface area contributed by atoms with Gasteiger partial charge in [0.05, 0.1) is 16.8 Å². The summed E-state index contributed by atoms with van der Waals surface area (Å²) in [4.78, 5) is 4.54. The van der Waals surface area contributed by atoms with E-state index in [2.05, 4.69) is 30.2 Å². The summed E-state index contributed by atoms with van der Waals surface area (Å²) in [7, 11) is 0. The highest BCUT2D eigenvalue weighted by molar-refractivity contribution is 6.36. The van der Waals surface area contributed by atoms with Crippen LogP contribution in [0.5, 0.6) is 0 Å². The zero-order valence-electron chi connectivity index (χ0n) is 12.1. The van der Waals surface area contributed by atoms with Crippen molar-refractivity contribution in [1.29, 1.82) is 0 Å². The lowest BCUT2D eigenvalue weighted by Crippen LogP contribution is -2.11. The molecule has 1 atom stereocenters. The van der Waals surface area contributed by atoms with E-state index in [1.807, 2.05) is 26.0 Å². The molecule has 0 aliphatic rings. The van der Waals surface area contributed by atoms with Gasteiger partial charge in [-0.15, -0.1) is 0 Å². The van der Waals surface area contributed by atoms with Gasteiger partial charge in [-0.3, -0.25) is 4.98 Å². The normalized spacial score (nSPS) is 12.3.